The molecule has 1 unspecified atom stereocenters. The summed E-state index contributed by atoms with van der Waals surface area (Å²) in [7, 11) is 0. The Morgan fingerprint density at radius 3 is 2.16 bits per heavy atom. The number of benzene rings is 1. The normalized spacial score (nSPS) is 15.5. The van der Waals surface area contributed by atoms with E-state index in [0.717, 1.165) is 4.90 Å². The van der Waals surface area contributed by atoms with Gasteiger partial charge >= 0.3 is 5.97 Å². The number of carboxylic acids is 1. The number of hydrogen-bond donors (Lipinski definition) is 1. The molecule has 1 N–H and O–H groups in total. The average Bonchev–Trinajstić information content (AvgIpc) is 2.62. The van der Waals surface area contributed by atoms with Gasteiger partial charge in [-0.3, -0.25) is 19.3 Å². The number of imide groups is 1. The van der Waals surface area contributed by atoms with Crippen LogP contribution in [-0.4, -0.2) is 33.8 Å². The Morgan fingerprint density at radius 2 is 1.74 bits per heavy atom. The molecule has 0 saturated carbocycles. The quantitative estimate of drug-likeness (QED) is 0.822. The minimum absolute atomic E-state index is 0.209. The van der Waals surface area contributed by atoms with E-state index in [4.69, 9.17) is 5.11 Å². The fourth-order valence-corrected chi connectivity index (χ4v) is 2.40. The lowest BCUT2D eigenvalue weighted by Gasteiger charge is -2.24. The highest BCUT2D eigenvalue weighted by Crippen LogP contribution is 2.27. The van der Waals surface area contributed by atoms with Gasteiger partial charge in [-0.25, -0.2) is 0 Å². The van der Waals surface area contributed by atoms with Gasteiger partial charge in [0.05, 0.1) is 23.6 Å². The summed E-state index contributed by atoms with van der Waals surface area (Å²) in [5.74, 6) is -1.78. The van der Waals surface area contributed by atoms with E-state index in [-0.39, 0.29) is 18.2 Å². The zero-order valence-corrected chi connectivity index (χ0v) is 10.6. The van der Waals surface area contributed by atoms with Crippen LogP contribution in [0.5, 0.6) is 0 Å². The van der Waals surface area contributed by atoms with Crippen molar-refractivity contribution < 1.29 is 19.5 Å². The van der Waals surface area contributed by atoms with Gasteiger partial charge in [0.2, 0.25) is 0 Å². The predicted octanol–water partition coefficient (Wildman–Crippen LogP) is 1.93. The molecule has 1 aromatic carbocycles. The van der Waals surface area contributed by atoms with Crippen LogP contribution in [0.15, 0.2) is 24.3 Å². The molecule has 0 aromatic heterocycles. The second-order valence-electron chi connectivity index (χ2n) is 4.57. The molecule has 5 nitrogen and oxygen atoms in total. The Morgan fingerprint density at radius 1 is 1.21 bits per heavy atom. The summed E-state index contributed by atoms with van der Waals surface area (Å²) in [6, 6.07) is 6.01. The molecule has 0 fully saturated rings. The molecule has 0 bridgehead atoms. The number of carboxylic acid groups (broad SMARTS) is 1. The molecule has 0 spiro atoms. The largest absolute Gasteiger partial charge is 0.481 e. The van der Waals surface area contributed by atoms with Crippen LogP contribution in [0.4, 0.5) is 0 Å². The highest BCUT2D eigenvalue weighted by Gasteiger charge is 2.39. The summed E-state index contributed by atoms with van der Waals surface area (Å²) in [5.41, 5.74) is 0.720. The number of aliphatic carboxylic acids is 1. The van der Waals surface area contributed by atoms with Crippen molar-refractivity contribution in [1.29, 1.82) is 0 Å². The number of amides is 2. The number of hydrogen-bond acceptors (Lipinski definition) is 3. The van der Waals surface area contributed by atoms with Crippen LogP contribution in [0.25, 0.3) is 0 Å². The van der Waals surface area contributed by atoms with Crippen LogP contribution >= 0.6 is 0 Å². The molecule has 0 aliphatic carbocycles. The standard InChI is InChI=1S/C14H15NO4/c1-2-5-9(8-12(16)17)15-13(18)10-6-3-4-7-11(10)14(15)19/h3-4,6-7,9H,2,5,8H2,1H3,(H,16,17). The van der Waals surface area contributed by atoms with E-state index >= 15 is 0 Å². The van der Waals surface area contributed by atoms with Gasteiger partial charge in [-0.15, -0.1) is 0 Å². The van der Waals surface area contributed by atoms with Gasteiger partial charge in [-0.2, -0.15) is 0 Å². The van der Waals surface area contributed by atoms with Gasteiger partial charge in [0.25, 0.3) is 11.8 Å². The highest BCUT2D eigenvalue weighted by atomic mass is 16.4. The van der Waals surface area contributed by atoms with Crippen molar-refractivity contribution in [3.8, 4) is 0 Å². The van der Waals surface area contributed by atoms with Crippen LogP contribution in [0.2, 0.25) is 0 Å². The number of rotatable bonds is 5. The van der Waals surface area contributed by atoms with Gasteiger partial charge < -0.3 is 5.11 Å². The van der Waals surface area contributed by atoms with Crippen molar-refractivity contribution in [3.63, 3.8) is 0 Å². The number of fused-ring (bicyclic) bond motifs is 1. The summed E-state index contributed by atoms with van der Waals surface area (Å²) in [6.07, 6.45) is 1.00. The lowest BCUT2D eigenvalue weighted by molar-refractivity contribution is -0.138. The molecule has 0 radical (unpaired) electrons. The Bertz CT molecular complexity index is 503. The molecule has 1 aliphatic heterocycles. The van der Waals surface area contributed by atoms with E-state index in [2.05, 4.69) is 0 Å². The van der Waals surface area contributed by atoms with E-state index in [0.29, 0.717) is 24.0 Å². The summed E-state index contributed by atoms with van der Waals surface area (Å²) < 4.78 is 0. The van der Waals surface area contributed by atoms with Gasteiger partial charge in [0.15, 0.2) is 0 Å². The van der Waals surface area contributed by atoms with Gasteiger partial charge in [0.1, 0.15) is 0 Å². The Hall–Kier alpha value is -2.17. The maximum Gasteiger partial charge on any atom is 0.305 e. The molecule has 100 valence electrons. The molecular formula is C14H15NO4. The topological polar surface area (TPSA) is 74.7 Å². The van der Waals surface area contributed by atoms with Crippen molar-refractivity contribution in [2.75, 3.05) is 0 Å². The molecule has 0 saturated heterocycles. The number of carbonyl (C=O) groups excluding carboxylic acids is 2. The molecule has 5 heteroatoms. The van der Waals surface area contributed by atoms with Crippen molar-refractivity contribution in [2.45, 2.75) is 32.2 Å². The van der Waals surface area contributed by atoms with Crippen LogP contribution in [0, 0.1) is 0 Å². The third kappa shape index (κ3) is 2.36. The maximum atomic E-state index is 12.2. The zero-order valence-electron chi connectivity index (χ0n) is 10.6. The van der Waals surface area contributed by atoms with E-state index in [1.165, 1.54) is 0 Å². The molecule has 1 aliphatic rings. The molecular weight excluding hydrogens is 246 g/mol. The summed E-state index contributed by atoms with van der Waals surface area (Å²) in [6.45, 7) is 1.90. The van der Waals surface area contributed by atoms with Crippen molar-refractivity contribution >= 4 is 17.8 Å². The molecule has 1 heterocycles. The fourth-order valence-electron chi connectivity index (χ4n) is 2.40. The summed E-state index contributed by atoms with van der Waals surface area (Å²) in [5, 5.41) is 8.91. The van der Waals surface area contributed by atoms with Crippen molar-refractivity contribution in [2.24, 2.45) is 0 Å². The second kappa shape index (κ2) is 5.22. The highest BCUT2D eigenvalue weighted by molar-refractivity contribution is 6.21. The van der Waals surface area contributed by atoms with E-state index in [1.54, 1.807) is 24.3 Å². The zero-order chi connectivity index (χ0) is 14.0. The minimum Gasteiger partial charge on any atom is -0.481 e. The maximum absolute atomic E-state index is 12.2. The van der Waals surface area contributed by atoms with Crippen LogP contribution in [-0.2, 0) is 4.79 Å². The fraction of sp³-hybridized carbons (Fsp3) is 0.357. The third-order valence-corrected chi connectivity index (χ3v) is 3.22. The smallest absolute Gasteiger partial charge is 0.305 e. The van der Waals surface area contributed by atoms with E-state index in [1.807, 2.05) is 6.92 Å². The summed E-state index contributed by atoms with van der Waals surface area (Å²) in [4.78, 5) is 36.4. The lowest BCUT2D eigenvalue weighted by atomic mass is 10.1. The second-order valence-corrected chi connectivity index (χ2v) is 4.57. The first-order valence-corrected chi connectivity index (χ1v) is 6.25. The third-order valence-electron chi connectivity index (χ3n) is 3.22. The van der Waals surface area contributed by atoms with E-state index < -0.39 is 12.0 Å². The molecule has 1 aromatic rings. The first kappa shape index (κ1) is 13.3. The van der Waals surface area contributed by atoms with Crippen molar-refractivity contribution in [1.82, 2.24) is 4.90 Å². The van der Waals surface area contributed by atoms with Gasteiger partial charge in [-0.05, 0) is 18.6 Å². The molecule has 1 atom stereocenters. The minimum atomic E-state index is -1.00. The van der Waals surface area contributed by atoms with Crippen LogP contribution in [0.1, 0.15) is 46.9 Å². The van der Waals surface area contributed by atoms with E-state index in [9.17, 15) is 14.4 Å². The number of carbonyl (C=O) groups is 3. The average molecular weight is 261 g/mol. The first-order valence-electron chi connectivity index (χ1n) is 6.25. The van der Waals surface area contributed by atoms with Gasteiger partial charge in [0, 0.05) is 0 Å². The first-order chi connectivity index (χ1) is 9.06. The summed E-state index contributed by atoms with van der Waals surface area (Å²) >= 11 is 0. The molecule has 2 rings (SSSR count). The van der Waals surface area contributed by atoms with Crippen LogP contribution < -0.4 is 0 Å². The Kier molecular flexibility index (Phi) is 3.64. The lowest BCUT2D eigenvalue weighted by Crippen LogP contribution is -2.41. The van der Waals surface area contributed by atoms with Gasteiger partial charge in [-0.1, -0.05) is 25.5 Å². The SMILES string of the molecule is CCCC(CC(=O)O)N1C(=O)c2ccccc2C1=O. The predicted molar refractivity (Wildman–Crippen MR) is 67.9 cm³/mol. The Balaban J connectivity index is 2.33. The molecule has 2 amide bonds. The van der Waals surface area contributed by atoms with Crippen molar-refractivity contribution in [3.05, 3.63) is 35.4 Å². The monoisotopic (exact) mass is 261 g/mol. The number of nitrogens with zero attached hydrogens (tertiary/aromatic N) is 1. The van der Waals surface area contributed by atoms with Crippen LogP contribution in [0.3, 0.4) is 0 Å². The molecule has 19 heavy (non-hydrogen) atoms. The Labute approximate surface area is 110 Å².